The lowest BCUT2D eigenvalue weighted by Crippen LogP contribution is -2.44. The Balaban J connectivity index is 1.82. The molecule has 0 spiro atoms. The first-order valence-electron chi connectivity index (χ1n) is 9.43. The number of rotatable bonds is 3. The van der Waals surface area contributed by atoms with Gasteiger partial charge in [0.05, 0.1) is 31.5 Å². The zero-order chi connectivity index (χ0) is 19.8. The highest BCUT2D eigenvalue weighted by molar-refractivity contribution is 7.80. The molecule has 0 fully saturated rings. The van der Waals surface area contributed by atoms with Gasteiger partial charge in [0.2, 0.25) is 0 Å². The van der Waals surface area contributed by atoms with E-state index in [1.165, 1.54) is 11.1 Å². The largest absolute Gasteiger partial charge is 0.493 e. The Kier molecular flexibility index (Phi) is 4.97. The first kappa shape index (κ1) is 18.7. The Labute approximate surface area is 169 Å². The topological polar surface area (TPSA) is 89.2 Å². The van der Waals surface area contributed by atoms with Crippen LogP contribution in [0.15, 0.2) is 28.5 Å². The lowest BCUT2D eigenvalue weighted by Gasteiger charge is -2.46. The smallest absolute Gasteiger partial charge is 0.184 e. The van der Waals surface area contributed by atoms with Gasteiger partial charge in [-0.2, -0.15) is 5.10 Å². The number of hydrazone groups is 1. The van der Waals surface area contributed by atoms with Gasteiger partial charge in [0, 0.05) is 25.1 Å². The second-order valence-electron chi connectivity index (χ2n) is 7.20. The Bertz CT molecular complexity index is 909. The average Bonchev–Trinajstić information content (AvgIpc) is 2.70. The van der Waals surface area contributed by atoms with Crippen LogP contribution in [0.4, 0.5) is 0 Å². The van der Waals surface area contributed by atoms with Crippen molar-refractivity contribution in [3.8, 4) is 11.5 Å². The molecular formula is C20H24N4O3S. The molecule has 28 heavy (non-hydrogen) atoms. The normalized spacial score (nSPS) is 22.4. The Hall–Kier alpha value is -2.61. The number of carbonyl (C=O) groups excluding carboxylic acids is 1. The van der Waals surface area contributed by atoms with E-state index in [1.54, 1.807) is 14.2 Å². The molecule has 8 heteroatoms. The number of thiocarbonyl (C=S) groups is 1. The van der Waals surface area contributed by atoms with Crippen molar-refractivity contribution in [2.24, 2.45) is 10.8 Å². The van der Waals surface area contributed by atoms with E-state index in [4.69, 9.17) is 27.4 Å². The van der Waals surface area contributed by atoms with Crippen LogP contribution in [0.2, 0.25) is 0 Å². The number of hydrogen-bond acceptors (Lipinski definition) is 6. The third kappa shape index (κ3) is 3.11. The number of nitrogens with zero attached hydrogens (tertiary/aromatic N) is 2. The van der Waals surface area contributed by atoms with Crippen LogP contribution >= 0.6 is 12.2 Å². The molecule has 7 nitrogen and oxygen atoms in total. The maximum atomic E-state index is 12.7. The zero-order valence-electron chi connectivity index (χ0n) is 16.1. The SMILES string of the molecule is COc1cc2c(cc1OC)[C@H]1C/C(=N/NC(N)=S)C3=C(CCCC3=O)N1CC2. The summed E-state index contributed by atoms with van der Waals surface area (Å²) in [5.74, 6) is 1.60. The molecule has 0 amide bonds. The minimum atomic E-state index is 0.0933. The molecule has 1 aromatic carbocycles. The van der Waals surface area contributed by atoms with E-state index >= 15 is 0 Å². The molecule has 1 atom stereocenters. The van der Waals surface area contributed by atoms with Crippen LogP contribution in [0.25, 0.3) is 0 Å². The first-order chi connectivity index (χ1) is 13.5. The molecule has 148 valence electrons. The quantitative estimate of drug-likeness (QED) is 0.594. The number of fused-ring (bicyclic) bond motifs is 4. The van der Waals surface area contributed by atoms with E-state index in [0.717, 1.165) is 48.5 Å². The van der Waals surface area contributed by atoms with Gasteiger partial charge in [0.25, 0.3) is 0 Å². The molecule has 1 aromatic rings. The summed E-state index contributed by atoms with van der Waals surface area (Å²) in [4.78, 5) is 15.1. The fraction of sp³-hybridized carbons (Fsp3) is 0.450. The average molecular weight is 401 g/mol. The first-order valence-corrected chi connectivity index (χ1v) is 9.84. The molecule has 1 aliphatic carbocycles. The molecular weight excluding hydrogens is 376 g/mol. The second-order valence-corrected chi connectivity index (χ2v) is 7.64. The van der Waals surface area contributed by atoms with Crippen molar-refractivity contribution < 1.29 is 14.3 Å². The van der Waals surface area contributed by atoms with Gasteiger partial charge >= 0.3 is 0 Å². The lowest BCUT2D eigenvalue weighted by molar-refractivity contribution is -0.115. The highest BCUT2D eigenvalue weighted by Crippen LogP contribution is 2.46. The summed E-state index contributed by atoms with van der Waals surface area (Å²) < 4.78 is 11.0. The van der Waals surface area contributed by atoms with Gasteiger partial charge in [-0.25, -0.2) is 0 Å². The number of hydrogen-bond donors (Lipinski definition) is 2. The molecule has 4 rings (SSSR count). The number of ketones is 1. The van der Waals surface area contributed by atoms with Gasteiger partial charge in [-0.15, -0.1) is 0 Å². The molecule has 3 N–H and O–H groups in total. The minimum Gasteiger partial charge on any atom is -0.493 e. The van der Waals surface area contributed by atoms with Crippen molar-refractivity contribution in [2.75, 3.05) is 20.8 Å². The third-order valence-corrected chi connectivity index (χ3v) is 5.80. The molecule has 0 saturated heterocycles. The summed E-state index contributed by atoms with van der Waals surface area (Å²) in [7, 11) is 3.29. The van der Waals surface area contributed by atoms with Crippen LogP contribution in [0, 0.1) is 0 Å². The predicted octanol–water partition coefficient (Wildman–Crippen LogP) is 2.20. The third-order valence-electron chi connectivity index (χ3n) is 5.71. The monoisotopic (exact) mass is 400 g/mol. The Morgan fingerprint density at radius 1 is 1.25 bits per heavy atom. The van der Waals surface area contributed by atoms with Gasteiger partial charge < -0.3 is 20.1 Å². The summed E-state index contributed by atoms with van der Waals surface area (Å²) in [6.45, 7) is 0.870. The zero-order valence-corrected chi connectivity index (χ0v) is 16.9. The van der Waals surface area contributed by atoms with Crippen molar-refractivity contribution in [3.05, 3.63) is 34.5 Å². The van der Waals surface area contributed by atoms with Crippen molar-refractivity contribution in [3.63, 3.8) is 0 Å². The fourth-order valence-corrected chi connectivity index (χ4v) is 4.57. The summed E-state index contributed by atoms with van der Waals surface area (Å²) in [6.07, 6.45) is 3.82. The predicted molar refractivity (Wildman–Crippen MR) is 111 cm³/mol. The second kappa shape index (κ2) is 7.43. The van der Waals surface area contributed by atoms with Crippen molar-refractivity contribution in [2.45, 2.75) is 38.1 Å². The van der Waals surface area contributed by atoms with E-state index in [9.17, 15) is 4.79 Å². The summed E-state index contributed by atoms with van der Waals surface area (Å²) in [6, 6.07) is 4.21. The minimum absolute atomic E-state index is 0.0933. The van der Waals surface area contributed by atoms with Crippen LogP contribution in [0.3, 0.4) is 0 Å². The number of benzene rings is 1. The summed E-state index contributed by atoms with van der Waals surface area (Å²) in [5.41, 5.74) is 13.2. The van der Waals surface area contributed by atoms with Crippen LogP contribution < -0.4 is 20.6 Å². The van der Waals surface area contributed by atoms with Crippen molar-refractivity contribution >= 4 is 28.8 Å². The highest BCUT2D eigenvalue weighted by atomic mass is 32.1. The van der Waals surface area contributed by atoms with E-state index in [0.29, 0.717) is 18.6 Å². The van der Waals surface area contributed by atoms with Gasteiger partial charge in [0.1, 0.15) is 0 Å². The van der Waals surface area contributed by atoms with Crippen LogP contribution in [0.1, 0.15) is 42.9 Å². The lowest BCUT2D eigenvalue weighted by atomic mass is 9.79. The summed E-state index contributed by atoms with van der Waals surface area (Å²) >= 11 is 4.90. The van der Waals surface area contributed by atoms with Crippen LogP contribution in [-0.2, 0) is 11.2 Å². The number of carbonyl (C=O) groups is 1. The maximum Gasteiger partial charge on any atom is 0.184 e. The number of allylic oxidation sites excluding steroid dienone is 2. The fourth-order valence-electron chi connectivity index (χ4n) is 4.52. The molecule has 2 heterocycles. The van der Waals surface area contributed by atoms with Crippen LogP contribution in [-0.4, -0.2) is 42.3 Å². The number of Topliss-reactive ketones (excluding diaryl/α,β-unsaturated/α-hetero) is 1. The number of ether oxygens (including phenoxy) is 2. The van der Waals surface area contributed by atoms with Gasteiger partial charge in [-0.1, -0.05) is 0 Å². The molecule has 3 aliphatic rings. The van der Waals surface area contributed by atoms with E-state index < -0.39 is 0 Å². The van der Waals surface area contributed by atoms with E-state index in [1.807, 2.05) is 0 Å². The molecule has 0 unspecified atom stereocenters. The Morgan fingerprint density at radius 2 is 2.00 bits per heavy atom. The molecule has 0 aromatic heterocycles. The summed E-state index contributed by atoms with van der Waals surface area (Å²) in [5, 5.41) is 4.49. The number of methoxy groups -OCH3 is 2. The van der Waals surface area contributed by atoms with Gasteiger partial charge in [-0.3, -0.25) is 10.2 Å². The molecule has 2 aliphatic heterocycles. The highest BCUT2D eigenvalue weighted by Gasteiger charge is 2.40. The van der Waals surface area contributed by atoms with Crippen molar-refractivity contribution in [1.29, 1.82) is 0 Å². The van der Waals surface area contributed by atoms with E-state index in [-0.39, 0.29) is 16.9 Å². The molecule has 0 radical (unpaired) electrons. The molecule has 0 bridgehead atoms. The number of nitrogens with two attached hydrogens (primary N) is 1. The maximum absolute atomic E-state index is 12.7. The van der Waals surface area contributed by atoms with Crippen molar-refractivity contribution in [1.82, 2.24) is 10.3 Å². The van der Waals surface area contributed by atoms with Crippen LogP contribution in [0.5, 0.6) is 11.5 Å². The van der Waals surface area contributed by atoms with E-state index in [2.05, 4.69) is 27.6 Å². The Morgan fingerprint density at radius 3 is 2.71 bits per heavy atom. The standard InChI is InChI=1S/C20H24N4O3S/c1-26-17-8-11-6-7-24-14-4-3-5-16(25)19(14)13(22-23-20(21)28)10-15(24)12(11)9-18(17)27-2/h8-9,15H,3-7,10H2,1-2H3,(H3,21,23,28)/b22-13-/t15-/m1/s1. The number of nitrogens with one attached hydrogen (secondary N) is 1. The van der Waals surface area contributed by atoms with Gasteiger partial charge in [-0.05, 0) is 54.7 Å². The molecule has 0 saturated carbocycles. The van der Waals surface area contributed by atoms with Gasteiger partial charge in [0.15, 0.2) is 22.4 Å².